The van der Waals surface area contributed by atoms with Crippen LogP contribution >= 0.6 is 0 Å². The van der Waals surface area contributed by atoms with E-state index in [1.165, 1.54) is 19.3 Å². The van der Waals surface area contributed by atoms with Crippen LogP contribution in [-0.2, 0) is 4.79 Å². The third kappa shape index (κ3) is 2.38. The Bertz CT molecular complexity index is 399. The Balaban J connectivity index is 1.73. The molecule has 4 saturated carbocycles. The molecule has 20 heavy (non-hydrogen) atoms. The van der Waals surface area contributed by atoms with Crippen LogP contribution in [0.25, 0.3) is 0 Å². The van der Waals surface area contributed by atoms with Gasteiger partial charge in [-0.2, -0.15) is 0 Å². The molecule has 4 aliphatic rings. The molecule has 0 radical (unpaired) electrons. The predicted molar refractivity (Wildman–Crippen MR) is 81.1 cm³/mol. The SMILES string of the molecule is CC(N)CCNC(=O)C12CC3CC(C)(CC(C)(C3)C1)C2. The Morgan fingerprint density at radius 3 is 2.30 bits per heavy atom. The molecular formula is C17H30N2O. The highest BCUT2D eigenvalue weighted by atomic mass is 16.2. The van der Waals surface area contributed by atoms with Crippen LogP contribution in [0.3, 0.4) is 0 Å². The van der Waals surface area contributed by atoms with Gasteiger partial charge < -0.3 is 11.1 Å². The van der Waals surface area contributed by atoms with Crippen LogP contribution in [0.15, 0.2) is 0 Å². The number of hydrogen-bond acceptors (Lipinski definition) is 2. The number of carbonyl (C=O) groups is 1. The molecule has 4 aliphatic carbocycles. The van der Waals surface area contributed by atoms with Crippen molar-refractivity contribution in [2.75, 3.05) is 6.54 Å². The van der Waals surface area contributed by atoms with Gasteiger partial charge in [0.15, 0.2) is 0 Å². The van der Waals surface area contributed by atoms with E-state index in [1.807, 2.05) is 6.92 Å². The van der Waals surface area contributed by atoms with Gasteiger partial charge in [-0.25, -0.2) is 0 Å². The fourth-order valence-electron chi connectivity index (χ4n) is 6.30. The minimum atomic E-state index is -0.0687. The standard InChI is InChI=1S/C17H30N2O/c1-12(18)4-5-19-14(20)17-8-13-6-15(2,10-17)9-16(3,7-13)11-17/h12-13H,4-11,18H2,1-3H3,(H,19,20). The van der Waals surface area contributed by atoms with Crippen molar-refractivity contribution >= 4 is 5.91 Å². The number of nitrogens with one attached hydrogen (secondary N) is 1. The molecule has 3 atom stereocenters. The zero-order valence-corrected chi connectivity index (χ0v) is 13.3. The molecule has 0 saturated heterocycles. The average molecular weight is 278 g/mol. The number of hydrogen-bond donors (Lipinski definition) is 2. The zero-order valence-electron chi connectivity index (χ0n) is 13.3. The molecule has 0 aromatic carbocycles. The number of rotatable bonds is 4. The van der Waals surface area contributed by atoms with E-state index in [0.29, 0.717) is 16.7 Å². The molecule has 3 nitrogen and oxygen atoms in total. The van der Waals surface area contributed by atoms with E-state index >= 15 is 0 Å². The largest absolute Gasteiger partial charge is 0.356 e. The summed E-state index contributed by atoms with van der Waals surface area (Å²) in [7, 11) is 0. The molecule has 0 aromatic heterocycles. The average Bonchev–Trinajstić information content (AvgIpc) is 2.22. The Morgan fingerprint density at radius 2 is 1.80 bits per heavy atom. The number of carbonyl (C=O) groups excluding carboxylic acids is 1. The second kappa shape index (κ2) is 4.46. The molecule has 0 aliphatic heterocycles. The molecule has 3 unspecified atom stereocenters. The lowest BCUT2D eigenvalue weighted by Crippen LogP contribution is -2.60. The zero-order chi connectivity index (χ0) is 14.6. The van der Waals surface area contributed by atoms with Crippen molar-refractivity contribution in [2.45, 2.75) is 71.8 Å². The summed E-state index contributed by atoms with van der Waals surface area (Å²) in [4.78, 5) is 12.8. The van der Waals surface area contributed by atoms with E-state index in [-0.39, 0.29) is 11.5 Å². The van der Waals surface area contributed by atoms with E-state index in [0.717, 1.165) is 38.1 Å². The van der Waals surface area contributed by atoms with Crippen LogP contribution in [0.1, 0.15) is 65.7 Å². The second-order valence-corrected chi connectivity index (χ2v) is 8.93. The number of amides is 1. The lowest BCUT2D eigenvalue weighted by Gasteiger charge is -2.64. The lowest BCUT2D eigenvalue weighted by atomic mass is 9.40. The van der Waals surface area contributed by atoms with Gasteiger partial charge >= 0.3 is 0 Å². The molecule has 1 amide bonds. The maximum absolute atomic E-state index is 12.8. The fraction of sp³-hybridized carbons (Fsp3) is 0.941. The Morgan fingerprint density at radius 1 is 1.20 bits per heavy atom. The summed E-state index contributed by atoms with van der Waals surface area (Å²) in [5.74, 6) is 1.10. The van der Waals surface area contributed by atoms with Crippen molar-refractivity contribution in [3.05, 3.63) is 0 Å². The van der Waals surface area contributed by atoms with Crippen molar-refractivity contribution in [3.63, 3.8) is 0 Å². The minimum absolute atomic E-state index is 0.0687. The van der Waals surface area contributed by atoms with Crippen molar-refractivity contribution in [1.82, 2.24) is 5.32 Å². The van der Waals surface area contributed by atoms with Crippen molar-refractivity contribution < 1.29 is 4.79 Å². The van der Waals surface area contributed by atoms with Gasteiger partial charge in [-0.1, -0.05) is 13.8 Å². The maximum Gasteiger partial charge on any atom is 0.226 e. The van der Waals surface area contributed by atoms with Crippen molar-refractivity contribution in [1.29, 1.82) is 0 Å². The van der Waals surface area contributed by atoms with E-state index in [1.54, 1.807) is 0 Å². The van der Waals surface area contributed by atoms with Crippen LogP contribution < -0.4 is 11.1 Å². The van der Waals surface area contributed by atoms with Crippen LogP contribution in [-0.4, -0.2) is 18.5 Å². The van der Waals surface area contributed by atoms with Crippen molar-refractivity contribution in [3.8, 4) is 0 Å². The molecule has 4 fully saturated rings. The van der Waals surface area contributed by atoms with Crippen LogP contribution in [0.2, 0.25) is 0 Å². The first-order valence-electron chi connectivity index (χ1n) is 8.28. The van der Waals surface area contributed by atoms with Gasteiger partial charge in [-0.3, -0.25) is 4.79 Å². The highest BCUT2D eigenvalue weighted by Gasteiger charge is 2.62. The highest BCUT2D eigenvalue weighted by molar-refractivity contribution is 5.83. The molecule has 4 rings (SSSR count). The van der Waals surface area contributed by atoms with Gasteiger partial charge in [-0.15, -0.1) is 0 Å². The van der Waals surface area contributed by atoms with Crippen molar-refractivity contribution in [2.24, 2.45) is 27.9 Å². The van der Waals surface area contributed by atoms with Gasteiger partial charge in [0.2, 0.25) is 5.91 Å². The van der Waals surface area contributed by atoms with Crippen LogP contribution in [0, 0.1) is 22.2 Å². The summed E-state index contributed by atoms with van der Waals surface area (Å²) < 4.78 is 0. The van der Waals surface area contributed by atoms with Gasteiger partial charge in [0.1, 0.15) is 0 Å². The van der Waals surface area contributed by atoms with Crippen LogP contribution in [0.5, 0.6) is 0 Å². The topological polar surface area (TPSA) is 55.1 Å². The lowest BCUT2D eigenvalue weighted by molar-refractivity contribution is -0.170. The Labute approximate surface area is 123 Å². The number of nitrogens with two attached hydrogens (primary N) is 1. The predicted octanol–water partition coefficient (Wildman–Crippen LogP) is 2.84. The minimum Gasteiger partial charge on any atom is -0.356 e. The Kier molecular flexibility index (Phi) is 3.20. The summed E-state index contributed by atoms with van der Waals surface area (Å²) in [6.07, 6.45) is 8.23. The Hall–Kier alpha value is -0.570. The summed E-state index contributed by atoms with van der Waals surface area (Å²) in [5, 5.41) is 3.19. The molecule has 3 heteroatoms. The van der Waals surface area contributed by atoms with Crippen LogP contribution in [0.4, 0.5) is 0 Å². The third-order valence-electron chi connectivity index (χ3n) is 5.99. The fourth-order valence-corrected chi connectivity index (χ4v) is 6.30. The smallest absolute Gasteiger partial charge is 0.226 e. The monoisotopic (exact) mass is 278 g/mol. The molecule has 4 bridgehead atoms. The molecule has 0 spiro atoms. The van der Waals surface area contributed by atoms with E-state index in [9.17, 15) is 4.79 Å². The summed E-state index contributed by atoms with van der Waals surface area (Å²) >= 11 is 0. The van der Waals surface area contributed by atoms with Gasteiger partial charge in [0, 0.05) is 12.6 Å². The maximum atomic E-state index is 12.8. The first-order chi connectivity index (χ1) is 9.24. The van der Waals surface area contributed by atoms with E-state index < -0.39 is 0 Å². The van der Waals surface area contributed by atoms with E-state index in [2.05, 4.69) is 19.2 Å². The summed E-state index contributed by atoms with van der Waals surface area (Å²) in [6, 6.07) is 0.168. The van der Waals surface area contributed by atoms with Gasteiger partial charge in [0.05, 0.1) is 5.41 Å². The third-order valence-corrected chi connectivity index (χ3v) is 5.99. The first kappa shape index (κ1) is 14.4. The van der Waals surface area contributed by atoms with Gasteiger partial charge in [-0.05, 0) is 68.6 Å². The van der Waals surface area contributed by atoms with Gasteiger partial charge in [0.25, 0.3) is 0 Å². The van der Waals surface area contributed by atoms with E-state index in [4.69, 9.17) is 5.73 Å². The molecule has 3 N–H and O–H groups in total. The second-order valence-electron chi connectivity index (χ2n) is 8.93. The summed E-state index contributed by atoms with van der Waals surface area (Å²) in [5.41, 5.74) is 6.53. The molecular weight excluding hydrogens is 248 g/mol. The normalized spacial score (nSPS) is 47.3. The molecule has 0 aromatic rings. The summed E-state index contributed by atoms with van der Waals surface area (Å²) in [6.45, 7) is 7.56. The highest BCUT2D eigenvalue weighted by Crippen LogP contribution is 2.69. The quantitative estimate of drug-likeness (QED) is 0.831. The molecule has 0 heterocycles. The molecule has 114 valence electrons. The first-order valence-corrected chi connectivity index (χ1v) is 8.28.